The molecule has 2 heterocycles. The quantitative estimate of drug-likeness (QED) is 0.693. The monoisotopic (exact) mass is 374 g/mol. The van der Waals surface area contributed by atoms with Crippen LogP contribution in [-0.4, -0.2) is 36.5 Å². The zero-order chi connectivity index (χ0) is 19.5. The van der Waals surface area contributed by atoms with Gasteiger partial charge in [0.15, 0.2) is 0 Å². The highest BCUT2D eigenvalue weighted by molar-refractivity contribution is 5.83. The zero-order valence-corrected chi connectivity index (χ0v) is 17.3. The van der Waals surface area contributed by atoms with Crippen LogP contribution in [0.2, 0.25) is 0 Å². The number of H-pyrrole nitrogens is 1. The Morgan fingerprint density at radius 2 is 1.78 bits per heavy atom. The van der Waals surface area contributed by atoms with Crippen molar-refractivity contribution in [3.05, 3.63) is 36.0 Å². The molecule has 4 heteroatoms. The van der Waals surface area contributed by atoms with Gasteiger partial charge in [-0.05, 0) is 24.0 Å². The molecule has 3 N–H and O–H groups in total. The first-order valence-corrected chi connectivity index (χ1v) is 10.7. The predicted octanol–water partition coefficient (Wildman–Crippen LogP) is 5.19. The molecule has 1 aliphatic carbocycles. The molecule has 0 radical (unpaired) electrons. The van der Waals surface area contributed by atoms with E-state index < -0.39 is 0 Å². The second-order valence-corrected chi connectivity index (χ2v) is 7.53. The third-order valence-corrected chi connectivity index (χ3v) is 5.84. The van der Waals surface area contributed by atoms with Crippen molar-refractivity contribution in [3.63, 3.8) is 0 Å². The van der Waals surface area contributed by atoms with Gasteiger partial charge in [-0.25, -0.2) is 0 Å². The molecular formula is C23H38N2O2. The van der Waals surface area contributed by atoms with E-state index in [9.17, 15) is 0 Å². The van der Waals surface area contributed by atoms with Crippen molar-refractivity contribution < 1.29 is 9.84 Å². The lowest BCUT2D eigenvalue weighted by Gasteiger charge is -2.29. The van der Waals surface area contributed by atoms with Gasteiger partial charge in [0, 0.05) is 30.8 Å². The highest BCUT2D eigenvalue weighted by atomic mass is 16.5. The summed E-state index contributed by atoms with van der Waals surface area (Å²) >= 11 is 0. The summed E-state index contributed by atoms with van der Waals surface area (Å²) in [4.78, 5) is 3.32. The number of fused-ring (bicyclic) bond motifs is 1. The standard InChI is InChI=1S/C14H18N2O.C8H16.CH4O/c1-2-10-7-15-14(9-17-10)12-8-16-13-6-4-3-5-11(12)13;1-2-8-6-4-3-5-7-8;1-2/h3-6,8,10,14-16H,2,7,9H2,1H3;8H,2-7H2,1H3;2H,1H3. The number of hydrogen-bond acceptors (Lipinski definition) is 3. The number of aliphatic hydroxyl groups is 1. The summed E-state index contributed by atoms with van der Waals surface area (Å²) < 4.78 is 5.84. The number of ether oxygens (including phenoxy) is 1. The van der Waals surface area contributed by atoms with Crippen molar-refractivity contribution in [1.29, 1.82) is 0 Å². The molecule has 2 aromatic rings. The Kier molecular flexibility index (Phi) is 9.89. The number of rotatable bonds is 3. The van der Waals surface area contributed by atoms with Crippen LogP contribution in [0.15, 0.2) is 30.5 Å². The SMILES string of the molecule is CCC1CCCCC1.CCC1CNC(c2c[nH]c3ccccc23)CO1.CO. The lowest BCUT2D eigenvalue weighted by atomic mass is 9.88. The van der Waals surface area contributed by atoms with Crippen molar-refractivity contribution in [2.45, 2.75) is 70.9 Å². The maximum Gasteiger partial charge on any atom is 0.0698 e. The van der Waals surface area contributed by atoms with Crippen LogP contribution in [0, 0.1) is 5.92 Å². The summed E-state index contributed by atoms with van der Waals surface area (Å²) in [7, 11) is 1.00. The first kappa shape index (κ1) is 21.9. The summed E-state index contributed by atoms with van der Waals surface area (Å²) in [5.74, 6) is 1.09. The van der Waals surface area contributed by atoms with Gasteiger partial charge in [-0.15, -0.1) is 0 Å². The van der Waals surface area contributed by atoms with Gasteiger partial charge in [-0.1, -0.05) is 70.6 Å². The Hall–Kier alpha value is -1.36. The summed E-state index contributed by atoms with van der Waals surface area (Å²) in [5, 5.41) is 11.9. The average Bonchev–Trinajstić information content (AvgIpc) is 3.20. The Morgan fingerprint density at radius 3 is 2.37 bits per heavy atom. The van der Waals surface area contributed by atoms with Gasteiger partial charge in [-0.3, -0.25) is 0 Å². The Morgan fingerprint density at radius 1 is 1.04 bits per heavy atom. The lowest BCUT2D eigenvalue weighted by molar-refractivity contribution is 0.00233. The number of aromatic amines is 1. The molecule has 4 nitrogen and oxygen atoms in total. The van der Waals surface area contributed by atoms with Crippen LogP contribution in [0.5, 0.6) is 0 Å². The molecule has 0 bridgehead atoms. The van der Waals surface area contributed by atoms with Gasteiger partial charge in [0.25, 0.3) is 0 Å². The van der Waals surface area contributed by atoms with Crippen LogP contribution in [0.1, 0.15) is 70.4 Å². The molecule has 1 saturated carbocycles. The molecule has 1 saturated heterocycles. The minimum Gasteiger partial charge on any atom is -0.400 e. The van der Waals surface area contributed by atoms with Crippen molar-refractivity contribution in [3.8, 4) is 0 Å². The Balaban J connectivity index is 0.000000220. The molecule has 2 aliphatic rings. The lowest BCUT2D eigenvalue weighted by Crippen LogP contribution is -2.40. The van der Waals surface area contributed by atoms with E-state index >= 15 is 0 Å². The van der Waals surface area contributed by atoms with Crippen LogP contribution < -0.4 is 5.32 Å². The molecule has 2 atom stereocenters. The highest BCUT2D eigenvalue weighted by Gasteiger charge is 2.22. The fourth-order valence-electron chi connectivity index (χ4n) is 4.06. The molecule has 0 spiro atoms. The number of benzene rings is 1. The highest BCUT2D eigenvalue weighted by Crippen LogP contribution is 2.26. The average molecular weight is 375 g/mol. The smallest absolute Gasteiger partial charge is 0.0698 e. The third kappa shape index (κ3) is 6.34. The number of para-hydroxylation sites is 1. The van der Waals surface area contributed by atoms with Crippen LogP contribution in [0.3, 0.4) is 0 Å². The molecular weight excluding hydrogens is 336 g/mol. The number of hydrogen-bond donors (Lipinski definition) is 3. The van der Waals surface area contributed by atoms with Crippen LogP contribution in [-0.2, 0) is 4.74 Å². The normalized spacial score (nSPS) is 23.1. The molecule has 1 aliphatic heterocycles. The van der Waals surface area contributed by atoms with Gasteiger partial charge in [0.05, 0.1) is 18.8 Å². The van der Waals surface area contributed by atoms with Crippen molar-refractivity contribution >= 4 is 10.9 Å². The minimum atomic E-state index is 0.314. The van der Waals surface area contributed by atoms with Gasteiger partial charge in [-0.2, -0.15) is 0 Å². The summed E-state index contributed by atoms with van der Waals surface area (Å²) in [6.45, 7) is 6.19. The molecule has 27 heavy (non-hydrogen) atoms. The third-order valence-electron chi connectivity index (χ3n) is 5.84. The first-order valence-electron chi connectivity index (χ1n) is 10.7. The van der Waals surface area contributed by atoms with E-state index in [4.69, 9.17) is 9.84 Å². The number of aromatic nitrogens is 1. The van der Waals surface area contributed by atoms with Crippen LogP contribution in [0.4, 0.5) is 0 Å². The number of morpholine rings is 1. The number of nitrogens with one attached hydrogen (secondary N) is 2. The predicted molar refractivity (Wildman–Crippen MR) is 114 cm³/mol. The molecule has 1 aromatic carbocycles. The van der Waals surface area contributed by atoms with Crippen LogP contribution in [0.25, 0.3) is 10.9 Å². The van der Waals surface area contributed by atoms with Crippen LogP contribution >= 0.6 is 0 Å². The number of aliphatic hydroxyl groups excluding tert-OH is 1. The van der Waals surface area contributed by atoms with E-state index in [0.29, 0.717) is 12.1 Å². The Bertz CT molecular complexity index is 626. The molecule has 0 amide bonds. The second-order valence-electron chi connectivity index (χ2n) is 7.53. The van der Waals surface area contributed by atoms with E-state index in [-0.39, 0.29) is 0 Å². The van der Waals surface area contributed by atoms with E-state index in [1.807, 2.05) is 0 Å². The van der Waals surface area contributed by atoms with Gasteiger partial charge in [0.1, 0.15) is 0 Å². The Labute approximate surface area is 164 Å². The van der Waals surface area contributed by atoms with Gasteiger partial charge in [0.2, 0.25) is 0 Å². The fourth-order valence-corrected chi connectivity index (χ4v) is 4.06. The first-order chi connectivity index (χ1) is 13.3. The van der Waals surface area contributed by atoms with Gasteiger partial charge < -0.3 is 20.1 Å². The molecule has 1 aromatic heterocycles. The van der Waals surface area contributed by atoms with E-state index in [2.05, 4.69) is 54.6 Å². The maximum absolute atomic E-state index is 7.00. The van der Waals surface area contributed by atoms with E-state index in [0.717, 1.165) is 32.6 Å². The second kappa shape index (κ2) is 12.2. The molecule has 2 fully saturated rings. The summed E-state index contributed by atoms with van der Waals surface area (Å²) in [6, 6.07) is 8.72. The summed E-state index contributed by atoms with van der Waals surface area (Å²) in [6.07, 6.45) is 12.5. The zero-order valence-electron chi connectivity index (χ0n) is 17.3. The van der Waals surface area contributed by atoms with Crippen molar-refractivity contribution in [2.75, 3.05) is 20.3 Å². The fraction of sp³-hybridized carbons (Fsp3) is 0.652. The minimum absolute atomic E-state index is 0.314. The maximum atomic E-state index is 7.00. The summed E-state index contributed by atoms with van der Waals surface area (Å²) in [5.41, 5.74) is 2.51. The van der Waals surface area contributed by atoms with Crippen molar-refractivity contribution in [2.24, 2.45) is 5.92 Å². The van der Waals surface area contributed by atoms with E-state index in [1.165, 1.54) is 55.0 Å². The van der Waals surface area contributed by atoms with Gasteiger partial charge >= 0.3 is 0 Å². The van der Waals surface area contributed by atoms with E-state index in [1.54, 1.807) is 0 Å². The molecule has 152 valence electrons. The topological polar surface area (TPSA) is 57.3 Å². The largest absolute Gasteiger partial charge is 0.400 e. The van der Waals surface area contributed by atoms with Crippen molar-refractivity contribution in [1.82, 2.24) is 10.3 Å². The molecule has 2 unspecified atom stereocenters. The molecule has 4 rings (SSSR count).